The molecule has 0 atom stereocenters. The van der Waals surface area contributed by atoms with Crippen LogP contribution in [-0.2, 0) is 9.53 Å². The third-order valence-corrected chi connectivity index (χ3v) is 2.06. The van der Waals surface area contributed by atoms with Crippen LogP contribution in [0, 0.1) is 0 Å². The van der Waals surface area contributed by atoms with Crippen molar-refractivity contribution in [2.75, 3.05) is 0 Å². The van der Waals surface area contributed by atoms with Gasteiger partial charge in [0.15, 0.2) is 5.78 Å². The van der Waals surface area contributed by atoms with Gasteiger partial charge >= 0.3 is 5.97 Å². The van der Waals surface area contributed by atoms with Crippen LogP contribution in [0.3, 0.4) is 0 Å². The minimum Gasteiger partial charge on any atom is -0.457 e. The van der Waals surface area contributed by atoms with Crippen LogP contribution in [-0.4, -0.2) is 17.4 Å². The lowest BCUT2D eigenvalue weighted by Gasteiger charge is -2.17. The second kappa shape index (κ2) is 6.69. The Bertz CT molecular complexity index is 490. The van der Waals surface area contributed by atoms with Crippen LogP contribution in [0.25, 0.3) is 0 Å². The molecular formula is C16H18O3. The highest BCUT2D eigenvalue weighted by Gasteiger charge is 2.13. The van der Waals surface area contributed by atoms with Crippen molar-refractivity contribution in [2.24, 2.45) is 0 Å². The number of carbonyl (C=O) groups excluding carboxylic acids is 2. The standard InChI is InChI=1S/C16H18O3/c1-16(2,3)19-15(18)12-8-7-11-14(17)13-9-5-4-6-10-13/h4-12H,1-3H3/b11-7+,12-8+. The molecule has 0 fully saturated rings. The van der Waals surface area contributed by atoms with Gasteiger partial charge in [0.05, 0.1) is 0 Å². The van der Waals surface area contributed by atoms with Crippen LogP contribution in [0.1, 0.15) is 31.1 Å². The van der Waals surface area contributed by atoms with E-state index in [-0.39, 0.29) is 5.78 Å². The van der Waals surface area contributed by atoms with Crippen LogP contribution >= 0.6 is 0 Å². The van der Waals surface area contributed by atoms with Crippen molar-refractivity contribution in [3.8, 4) is 0 Å². The highest BCUT2D eigenvalue weighted by molar-refractivity contribution is 6.04. The van der Waals surface area contributed by atoms with Gasteiger partial charge in [-0.2, -0.15) is 0 Å². The van der Waals surface area contributed by atoms with Gasteiger partial charge in [0.25, 0.3) is 0 Å². The Kier molecular flexibility index (Phi) is 5.24. The predicted octanol–water partition coefficient (Wildman–Crippen LogP) is 3.32. The molecule has 100 valence electrons. The van der Waals surface area contributed by atoms with Gasteiger partial charge in [-0.25, -0.2) is 4.79 Å². The van der Waals surface area contributed by atoms with Crippen LogP contribution in [0.2, 0.25) is 0 Å². The monoisotopic (exact) mass is 258 g/mol. The number of rotatable bonds is 4. The first kappa shape index (κ1) is 14.9. The molecule has 0 radical (unpaired) electrons. The average molecular weight is 258 g/mol. The van der Waals surface area contributed by atoms with Crippen LogP contribution in [0.5, 0.6) is 0 Å². The van der Waals surface area contributed by atoms with Gasteiger partial charge < -0.3 is 4.74 Å². The van der Waals surface area contributed by atoms with Gasteiger partial charge in [0.1, 0.15) is 5.60 Å². The third-order valence-electron chi connectivity index (χ3n) is 2.06. The molecule has 0 unspecified atom stereocenters. The fourth-order valence-corrected chi connectivity index (χ4v) is 1.31. The Hall–Kier alpha value is -2.16. The summed E-state index contributed by atoms with van der Waals surface area (Å²) in [6.45, 7) is 5.40. The van der Waals surface area contributed by atoms with Crippen molar-refractivity contribution in [1.29, 1.82) is 0 Å². The molecule has 1 aromatic rings. The lowest BCUT2D eigenvalue weighted by Crippen LogP contribution is -2.22. The zero-order valence-electron chi connectivity index (χ0n) is 11.4. The number of esters is 1. The van der Waals surface area contributed by atoms with E-state index in [1.165, 1.54) is 24.3 Å². The summed E-state index contributed by atoms with van der Waals surface area (Å²) in [5.41, 5.74) is 0.106. The molecule has 0 aliphatic carbocycles. The Morgan fingerprint density at radius 2 is 1.58 bits per heavy atom. The molecule has 0 aromatic heterocycles. The van der Waals surface area contributed by atoms with E-state index in [0.717, 1.165) is 0 Å². The first-order valence-corrected chi connectivity index (χ1v) is 6.05. The fourth-order valence-electron chi connectivity index (χ4n) is 1.31. The highest BCUT2D eigenvalue weighted by atomic mass is 16.6. The van der Waals surface area contributed by atoms with E-state index in [1.807, 2.05) is 6.07 Å². The quantitative estimate of drug-likeness (QED) is 0.360. The van der Waals surface area contributed by atoms with Gasteiger partial charge in [-0.05, 0) is 26.8 Å². The van der Waals surface area contributed by atoms with E-state index >= 15 is 0 Å². The molecule has 0 spiro atoms. The number of ketones is 1. The van der Waals surface area contributed by atoms with Crippen molar-refractivity contribution in [3.63, 3.8) is 0 Å². The summed E-state index contributed by atoms with van der Waals surface area (Å²) in [6, 6.07) is 8.94. The van der Waals surface area contributed by atoms with Crippen LogP contribution in [0.4, 0.5) is 0 Å². The summed E-state index contributed by atoms with van der Waals surface area (Å²) >= 11 is 0. The summed E-state index contributed by atoms with van der Waals surface area (Å²) in [5.74, 6) is -0.529. The van der Waals surface area contributed by atoms with Gasteiger partial charge in [0.2, 0.25) is 0 Å². The molecule has 1 rings (SSSR count). The SMILES string of the molecule is CC(C)(C)OC(=O)/C=C/C=C/C(=O)c1ccccc1. The number of benzene rings is 1. The lowest BCUT2D eigenvalue weighted by molar-refractivity contribution is -0.148. The Morgan fingerprint density at radius 1 is 1.00 bits per heavy atom. The van der Waals surface area contributed by atoms with Crippen LogP contribution in [0.15, 0.2) is 54.6 Å². The third kappa shape index (κ3) is 6.36. The molecule has 0 saturated heterocycles. The molecular weight excluding hydrogens is 240 g/mol. The van der Waals surface area contributed by atoms with E-state index in [0.29, 0.717) is 5.56 Å². The predicted molar refractivity (Wildman–Crippen MR) is 74.9 cm³/mol. The van der Waals surface area contributed by atoms with Crippen molar-refractivity contribution in [2.45, 2.75) is 26.4 Å². The second-order valence-electron chi connectivity index (χ2n) is 4.98. The van der Waals surface area contributed by atoms with Gasteiger partial charge in [-0.1, -0.05) is 42.5 Å². The molecule has 0 saturated carbocycles. The zero-order chi connectivity index (χ0) is 14.3. The van der Waals surface area contributed by atoms with E-state index in [1.54, 1.807) is 45.0 Å². The number of ether oxygens (including phenoxy) is 1. The largest absolute Gasteiger partial charge is 0.457 e. The molecule has 0 heterocycles. The topological polar surface area (TPSA) is 43.4 Å². The number of allylic oxidation sites excluding steroid dienone is 3. The highest BCUT2D eigenvalue weighted by Crippen LogP contribution is 2.07. The number of carbonyl (C=O) groups is 2. The van der Waals surface area contributed by atoms with E-state index in [9.17, 15) is 9.59 Å². The molecule has 0 bridgehead atoms. The lowest BCUT2D eigenvalue weighted by atomic mass is 10.1. The van der Waals surface area contributed by atoms with Crippen molar-refractivity contribution < 1.29 is 14.3 Å². The summed E-state index contributed by atoms with van der Waals surface area (Å²) < 4.78 is 5.08. The van der Waals surface area contributed by atoms with Crippen molar-refractivity contribution in [3.05, 3.63) is 60.2 Å². The molecule has 0 aliphatic rings. The van der Waals surface area contributed by atoms with E-state index < -0.39 is 11.6 Å². The van der Waals surface area contributed by atoms with E-state index in [2.05, 4.69) is 0 Å². The fraction of sp³-hybridized carbons (Fsp3) is 0.250. The molecule has 3 heteroatoms. The smallest absolute Gasteiger partial charge is 0.331 e. The van der Waals surface area contributed by atoms with Crippen LogP contribution < -0.4 is 0 Å². The maximum atomic E-state index is 11.7. The number of hydrogen-bond donors (Lipinski definition) is 0. The van der Waals surface area contributed by atoms with Crippen molar-refractivity contribution >= 4 is 11.8 Å². The maximum absolute atomic E-state index is 11.7. The zero-order valence-corrected chi connectivity index (χ0v) is 11.4. The summed E-state index contributed by atoms with van der Waals surface area (Å²) in [7, 11) is 0. The molecule has 3 nitrogen and oxygen atoms in total. The minimum atomic E-state index is -0.509. The summed E-state index contributed by atoms with van der Waals surface area (Å²) in [5, 5.41) is 0. The first-order valence-electron chi connectivity index (χ1n) is 6.05. The normalized spacial score (nSPS) is 11.9. The molecule has 0 amide bonds. The maximum Gasteiger partial charge on any atom is 0.331 e. The van der Waals surface area contributed by atoms with Gasteiger partial charge in [-0.3, -0.25) is 4.79 Å². The first-order chi connectivity index (χ1) is 8.88. The van der Waals surface area contributed by atoms with E-state index in [4.69, 9.17) is 4.74 Å². The molecule has 0 aliphatic heterocycles. The van der Waals surface area contributed by atoms with Gasteiger partial charge in [0, 0.05) is 11.6 Å². The summed E-state index contributed by atoms with van der Waals surface area (Å²) in [6.07, 6.45) is 5.73. The Labute approximate surface area is 113 Å². The number of hydrogen-bond acceptors (Lipinski definition) is 3. The van der Waals surface area contributed by atoms with Crippen molar-refractivity contribution in [1.82, 2.24) is 0 Å². The Morgan fingerprint density at radius 3 is 2.16 bits per heavy atom. The summed E-state index contributed by atoms with van der Waals surface area (Å²) in [4.78, 5) is 23.0. The second-order valence-corrected chi connectivity index (χ2v) is 4.98. The average Bonchev–Trinajstić information content (AvgIpc) is 2.33. The molecule has 19 heavy (non-hydrogen) atoms. The van der Waals surface area contributed by atoms with Gasteiger partial charge in [-0.15, -0.1) is 0 Å². The molecule has 0 N–H and O–H groups in total. The molecule has 1 aromatic carbocycles. The minimum absolute atomic E-state index is 0.102. The Balaban J connectivity index is 2.50.